The molecule has 0 radical (unpaired) electrons. The highest BCUT2D eigenvalue weighted by molar-refractivity contribution is 5.75. The molecule has 0 spiro atoms. The number of hydrogen-bond donors (Lipinski definition) is 5. The topological polar surface area (TPSA) is 105 Å². The first-order valence-electron chi connectivity index (χ1n) is 2.53. The van der Waals surface area contributed by atoms with Crippen LogP contribution in [0.3, 0.4) is 0 Å². The van der Waals surface area contributed by atoms with Gasteiger partial charge in [-0.2, -0.15) is 0 Å². The van der Waals surface area contributed by atoms with Crippen LogP contribution in [-0.4, -0.2) is 18.6 Å². The van der Waals surface area contributed by atoms with Gasteiger partial charge in [0.15, 0.2) is 0 Å². The van der Waals surface area contributed by atoms with Crippen molar-refractivity contribution in [2.24, 2.45) is 11.5 Å². The molecule has 0 aromatic rings. The largest absolute Gasteiger partial charge is 0.319 e. The van der Waals surface area contributed by atoms with E-state index in [1.54, 1.807) is 0 Å². The van der Waals surface area contributed by atoms with Crippen molar-refractivity contribution in [3.05, 3.63) is 0 Å². The minimum atomic E-state index is -0.547. The number of amides is 2. The van der Waals surface area contributed by atoms with Gasteiger partial charge in [0.05, 0.1) is 0 Å². The predicted molar refractivity (Wildman–Crippen MR) is 30.8 cm³/mol. The summed E-state index contributed by atoms with van der Waals surface area (Å²) in [5.41, 5.74) is 10.5. The molecular formula is C3H9N5O. The first-order valence-corrected chi connectivity index (χ1v) is 2.53. The smallest absolute Gasteiger partial charge is 0.310 e. The first kappa shape index (κ1) is 6.27. The van der Waals surface area contributed by atoms with E-state index >= 15 is 0 Å². The molecule has 1 fully saturated rings. The highest BCUT2D eigenvalue weighted by Crippen LogP contribution is 1.77. The van der Waals surface area contributed by atoms with Gasteiger partial charge in [0.25, 0.3) is 0 Å². The van der Waals surface area contributed by atoms with Crippen LogP contribution in [0.25, 0.3) is 0 Å². The zero-order valence-corrected chi connectivity index (χ0v) is 4.72. The van der Waals surface area contributed by atoms with Crippen molar-refractivity contribution in [3.63, 3.8) is 0 Å². The van der Waals surface area contributed by atoms with Crippen LogP contribution in [0.4, 0.5) is 4.79 Å². The summed E-state index contributed by atoms with van der Waals surface area (Å²) in [6.45, 7) is 0. The Hall–Kier alpha value is -0.850. The van der Waals surface area contributed by atoms with E-state index in [1.807, 2.05) is 0 Å². The first-order chi connectivity index (χ1) is 4.18. The van der Waals surface area contributed by atoms with Gasteiger partial charge in [-0.3, -0.25) is 16.8 Å². The summed E-state index contributed by atoms with van der Waals surface area (Å²) >= 11 is 0. The maximum absolute atomic E-state index is 10.5. The maximum atomic E-state index is 10.5. The molecule has 2 amide bonds. The molecule has 0 aromatic carbocycles. The molecule has 0 bridgehead atoms. The van der Waals surface area contributed by atoms with Gasteiger partial charge in [0.1, 0.15) is 12.6 Å². The van der Waals surface area contributed by atoms with Crippen LogP contribution in [0.2, 0.25) is 0 Å². The summed E-state index contributed by atoms with van der Waals surface area (Å²) in [5.74, 6) is 0. The van der Waals surface area contributed by atoms with Crippen LogP contribution in [-0.2, 0) is 0 Å². The van der Waals surface area contributed by atoms with Gasteiger partial charge in [0.2, 0.25) is 0 Å². The summed E-state index contributed by atoms with van der Waals surface area (Å²) < 4.78 is 0. The molecule has 6 heteroatoms. The van der Waals surface area contributed by atoms with E-state index < -0.39 is 12.6 Å². The van der Waals surface area contributed by atoms with Gasteiger partial charge in [-0.15, -0.1) is 0 Å². The van der Waals surface area contributed by atoms with Crippen molar-refractivity contribution in [2.75, 3.05) is 0 Å². The Labute approximate surface area is 52.0 Å². The lowest BCUT2D eigenvalue weighted by molar-refractivity contribution is 0.209. The van der Waals surface area contributed by atoms with E-state index in [-0.39, 0.29) is 6.03 Å². The Kier molecular flexibility index (Phi) is 1.52. The second kappa shape index (κ2) is 2.18. The highest BCUT2D eigenvalue weighted by atomic mass is 16.2. The van der Waals surface area contributed by atoms with Gasteiger partial charge in [0, 0.05) is 0 Å². The quantitative estimate of drug-likeness (QED) is 0.248. The molecule has 9 heavy (non-hydrogen) atoms. The van der Waals surface area contributed by atoms with Gasteiger partial charge in [-0.1, -0.05) is 0 Å². The number of urea groups is 1. The van der Waals surface area contributed by atoms with E-state index in [0.29, 0.717) is 0 Å². The lowest BCUT2D eigenvalue weighted by Crippen LogP contribution is -2.70. The number of rotatable bonds is 0. The summed E-state index contributed by atoms with van der Waals surface area (Å²) in [5, 5.41) is 7.31. The Balaban J connectivity index is 2.43. The minimum Gasteiger partial charge on any atom is -0.310 e. The van der Waals surface area contributed by atoms with E-state index in [4.69, 9.17) is 11.5 Å². The second-order valence-corrected chi connectivity index (χ2v) is 1.74. The van der Waals surface area contributed by atoms with E-state index in [0.717, 1.165) is 0 Å². The highest BCUT2D eigenvalue weighted by Gasteiger charge is 2.17. The van der Waals surface area contributed by atoms with Crippen molar-refractivity contribution in [1.82, 2.24) is 16.0 Å². The summed E-state index contributed by atoms with van der Waals surface area (Å²) in [4.78, 5) is 10.5. The van der Waals surface area contributed by atoms with Gasteiger partial charge >= 0.3 is 6.03 Å². The van der Waals surface area contributed by atoms with Crippen molar-refractivity contribution in [2.45, 2.75) is 12.6 Å². The molecule has 6 nitrogen and oxygen atoms in total. The Morgan fingerprint density at radius 1 is 1.22 bits per heavy atom. The molecule has 1 aliphatic heterocycles. The molecule has 0 saturated carbocycles. The average Bonchev–Trinajstić information content (AvgIpc) is 1.59. The summed E-state index contributed by atoms with van der Waals surface area (Å²) in [6, 6.07) is -0.353. The SMILES string of the molecule is NC1NC(=O)NC(N)N1. The van der Waals surface area contributed by atoms with E-state index in [9.17, 15) is 4.79 Å². The monoisotopic (exact) mass is 131 g/mol. The van der Waals surface area contributed by atoms with Gasteiger partial charge in [-0.05, 0) is 0 Å². The molecule has 1 aliphatic rings. The zero-order chi connectivity index (χ0) is 6.85. The van der Waals surface area contributed by atoms with Crippen molar-refractivity contribution in [3.8, 4) is 0 Å². The molecule has 0 aromatic heterocycles. The molecule has 1 rings (SSSR count). The molecule has 2 atom stereocenters. The van der Waals surface area contributed by atoms with Crippen molar-refractivity contribution < 1.29 is 4.79 Å². The molecular weight excluding hydrogens is 122 g/mol. The Morgan fingerprint density at radius 2 is 1.67 bits per heavy atom. The fourth-order valence-electron chi connectivity index (χ4n) is 0.601. The van der Waals surface area contributed by atoms with Gasteiger partial charge in [-0.25, -0.2) is 4.79 Å². The lowest BCUT2D eigenvalue weighted by atomic mass is 10.6. The standard InChI is InChI=1S/C3H9N5O/c4-1-6-2(5)8-3(9)7-1/h1-2,6H,4-5H2,(H2,7,8,9). The number of nitrogens with one attached hydrogen (secondary N) is 3. The van der Waals surface area contributed by atoms with Crippen molar-refractivity contribution in [1.29, 1.82) is 0 Å². The zero-order valence-electron chi connectivity index (χ0n) is 4.72. The Bertz CT molecular complexity index is 113. The third-order valence-electron chi connectivity index (χ3n) is 0.932. The van der Waals surface area contributed by atoms with Crippen LogP contribution in [0.5, 0.6) is 0 Å². The normalized spacial score (nSPS) is 35.1. The molecule has 1 heterocycles. The number of hydrogen-bond acceptors (Lipinski definition) is 4. The van der Waals surface area contributed by atoms with E-state index in [2.05, 4.69) is 16.0 Å². The molecule has 1 saturated heterocycles. The van der Waals surface area contributed by atoms with Crippen LogP contribution >= 0.6 is 0 Å². The second-order valence-electron chi connectivity index (χ2n) is 1.74. The fraction of sp³-hybridized carbons (Fsp3) is 0.667. The fourth-order valence-corrected chi connectivity index (χ4v) is 0.601. The average molecular weight is 131 g/mol. The van der Waals surface area contributed by atoms with E-state index in [1.165, 1.54) is 0 Å². The summed E-state index contributed by atoms with van der Waals surface area (Å²) in [7, 11) is 0. The number of carbonyl (C=O) groups excluding carboxylic acids is 1. The molecule has 0 aliphatic carbocycles. The lowest BCUT2D eigenvalue weighted by Gasteiger charge is -2.27. The minimum absolute atomic E-state index is 0.353. The third-order valence-corrected chi connectivity index (χ3v) is 0.932. The van der Waals surface area contributed by atoms with Crippen LogP contribution in [0.1, 0.15) is 0 Å². The molecule has 2 unspecified atom stereocenters. The van der Waals surface area contributed by atoms with Crippen molar-refractivity contribution >= 4 is 6.03 Å². The van der Waals surface area contributed by atoms with Crippen LogP contribution in [0, 0.1) is 0 Å². The molecule has 52 valence electrons. The van der Waals surface area contributed by atoms with Gasteiger partial charge < -0.3 is 10.6 Å². The van der Waals surface area contributed by atoms with Crippen LogP contribution in [0.15, 0.2) is 0 Å². The number of nitrogens with two attached hydrogens (primary N) is 2. The summed E-state index contributed by atoms with van der Waals surface area (Å²) in [6.07, 6.45) is -1.09. The third kappa shape index (κ3) is 1.53. The maximum Gasteiger partial charge on any atom is 0.319 e. The Morgan fingerprint density at radius 3 is 2.00 bits per heavy atom. The van der Waals surface area contributed by atoms with Crippen LogP contribution < -0.4 is 27.4 Å². The number of carbonyl (C=O) groups is 1. The predicted octanol–water partition coefficient (Wildman–Crippen LogP) is -2.63. The molecule has 7 N–H and O–H groups in total.